The van der Waals surface area contributed by atoms with Crippen LogP contribution in [-0.2, 0) is 14.8 Å². The van der Waals surface area contributed by atoms with E-state index in [-0.39, 0.29) is 4.90 Å². The van der Waals surface area contributed by atoms with E-state index in [2.05, 4.69) is 10.4 Å². The number of nitrogens with zero attached hydrogens (tertiary/aromatic N) is 3. The van der Waals surface area contributed by atoms with E-state index >= 15 is 0 Å². The molecule has 1 aliphatic rings. The highest BCUT2D eigenvalue weighted by molar-refractivity contribution is 7.89. The van der Waals surface area contributed by atoms with E-state index in [0.717, 1.165) is 23.9 Å². The van der Waals surface area contributed by atoms with Crippen LogP contribution in [-0.4, -0.2) is 41.5 Å². The van der Waals surface area contributed by atoms with Gasteiger partial charge in [-0.05, 0) is 68.7 Å². The van der Waals surface area contributed by atoms with Gasteiger partial charge in [0, 0.05) is 30.4 Å². The molecule has 10 heteroatoms. The molecule has 0 spiro atoms. The van der Waals surface area contributed by atoms with Gasteiger partial charge in [-0.1, -0.05) is 18.6 Å². The minimum absolute atomic E-state index is 0.207. The van der Waals surface area contributed by atoms with Crippen molar-refractivity contribution in [1.82, 2.24) is 14.1 Å². The molecule has 1 fully saturated rings. The van der Waals surface area contributed by atoms with Crippen molar-refractivity contribution >= 4 is 21.6 Å². The minimum Gasteiger partial charge on any atom is -0.324 e. The zero-order valence-electron chi connectivity index (χ0n) is 19.6. The van der Waals surface area contributed by atoms with Gasteiger partial charge in [-0.3, -0.25) is 9.59 Å². The molecule has 3 aromatic rings. The third-order valence-electron chi connectivity index (χ3n) is 6.10. The van der Waals surface area contributed by atoms with Gasteiger partial charge in [-0.15, -0.1) is 0 Å². The van der Waals surface area contributed by atoms with Crippen LogP contribution in [0.3, 0.4) is 0 Å². The van der Waals surface area contributed by atoms with Gasteiger partial charge in [-0.2, -0.15) is 9.40 Å². The van der Waals surface area contributed by atoms with Crippen molar-refractivity contribution < 1.29 is 17.6 Å². The molecule has 8 nitrogen and oxygen atoms in total. The number of sulfonamides is 1. The Hall–Kier alpha value is -3.37. The number of hydrogen-bond acceptors (Lipinski definition) is 5. The van der Waals surface area contributed by atoms with Crippen LogP contribution in [0.2, 0.25) is 0 Å². The highest BCUT2D eigenvalue weighted by atomic mass is 32.2. The molecule has 0 bridgehead atoms. The van der Waals surface area contributed by atoms with E-state index < -0.39 is 33.3 Å². The van der Waals surface area contributed by atoms with Crippen LogP contribution in [0.4, 0.5) is 10.1 Å². The molecule has 1 aliphatic heterocycles. The number of amides is 1. The molecule has 1 aromatic heterocycles. The van der Waals surface area contributed by atoms with Crippen LogP contribution in [0.5, 0.6) is 0 Å². The maximum absolute atomic E-state index is 13.3. The zero-order chi connectivity index (χ0) is 25.2. The quantitative estimate of drug-likeness (QED) is 0.558. The van der Waals surface area contributed by atoms with Gasteiger partial charge in [0.2, 0.25) is 15.9 Å². The van der Waals surface area contributed by atoms with Crippen LogP contribution < -0.4 is 10.9 Å². The van der Waals surface area contributed by atoms with Crippen LogP contribution in [0.1, 0.15) is 37.8 Å². The average Bonchev–Trinajstić information content (AvgIpc) is 2.86. The van der Waals surface area contributed by atoms with E-state index in [1.54, 1.807) is 25.1 Å². The van der Waals surface area contributed by atoms with Gasteiger partial charge in [-0.25, -0.2) is 17.5 Å². The molecule has 1 atom stereocenters. The number of piperidine rings is 1. The summed E-state index contributed by atoms with van der Waals surface area (Å²) in [6, 6.07) is 12.1. The first-order valence-electron chi connectivity index (χ1n) is 11.4. The molecule has 0 radical (unpaired) electrons. The summed E-state index contributed by atoms with van der Waals surface area (Å²) in [5, 5.41) is 7.00. The number of halogens is 1. The second-order valence-electron chi connectivity index (χ2n) is 8.62. The Morgan fingerprint density at radius 2 is 1.71 bits per heavy atom. The molecule has 1 amide bonds. The minimum atomic E-state index is -3.66. The third kappa shape index (κ3) is 5.33. The Morgan fingerprint density at radius 3 is 2.40 bits per heavy atom. The maximum atomic E-state index is 13.3. The summed E-state index contributed by atoms with van der Waals surface area (Å²) >= 11 is 0. The molecule has 4 rings (SSSR count). The maximum Gasteiger partial charge on any atom is 0.267 e. The van der Waals surface area contributed by atoms with Gasteiger partial charge in [0.15, 0.2) is 0 Å². The predicted molar refractivity (Wildman–Crippen MR) is 131 cm³/mol. The fourth-order valence-corrected chi connectivity index (χ4v) is 5.80. The summed E-state index contributed by atoms with van der Waals surface area (Å²) < 4.78 is 42.2. The molecule has 0 saturated carbocycles. The van der Waals surface area contributed by atoms with Crippen molar-refractivity contribution in [3.05, 3.63) is 76.3 Å². The lowest BCUT2D eigenvalue weighted by atomic mass is 10.1. The number of carbonyl (C=O) groups excluding carboxylic acids is 1. The second kappa shape index (κ2) is 10.1. The lowest BCUT2D eigenvalue weighted by molar-refractivity contribution is -0.119. The number of nitrogens with one attached hydrogen (secondary N) is 1. The van der Waals surface area contributed by atoms with Crippen LogP contribution in [0, 0.1) is 12.7 Å². The number of anilines is 1. The lowest BCUT2D eigenvalue weighted by Crippen LogP contribution is -2.36. The first-order chi connectivity index (χ1) is 16.7. The van der Waals surface area contributed by atoms with Crippen molar-refractivity contribution in [2.75, 3.05) is 18.4 Å². The molecule has 0 aliphatic carbocycles. The number of benzene rings is 2. The van der Waals surface area contributed by atoms with Crippen molar-refractivity contribution in [3.8, 4) is 11.3 Å². The highest BCUT2D eigenvalue weighted by Gasteiger charge is 2.28. The zero-order valence-corrected chi connectivity index (χ0v) is 20.4. The molecule has 2 heterocycles. The summed E-state index contributed by atoms with van der Waals surface area (Å²) in [5.41, 5.74) is 1.41. The lowest BCUT2D eigenvalue weighted by Gasteiger charge is -2.26. The SMILES string of the molecule is Cc1ccc(-c2ccc(=O)n([C@H](C)C(=O)Nc3ccc(F)cc3)n2)cc1S(=O)(=O)N1CCCCC1. The molecule has 35 heavy (non-hydrogen) atoms. The molecular formula is C25H27FN4O4S. The third-order valence-corrected chi connectivity index (χ3v) is 8.14. The van der Waals surface area contributed by atoms with Crippen molar-refractivity contribution in [2.24, 2.45) is 0 Å². The smallest absolute Gasteiger partial charge is 0.267 e. The predicted octanol–water partition coefficient (Wildman–Crippen LogP) is 3.73. The molecular weight excluding hydrogens is 471 g/mol. The number of aryl methyl sites for hydroxylation is 1. The summed E-state index contributed by atoms with van der Waals surface area (Å²) in [6.45, 7) is 4.26. The Labute approximate surface area is 203 Å². The fourth-order valence-electron chi connectivity index (χ4n) is 4.03. The largest absolute Gasteiger partial charge is 0.324 e. The highest BCUT2D eigenvalue weighted by Crippen LogP contribution is 2.28. The van der Waals surface area contributed by atoms with Gasteiger partial charge in [0.1, 0.15) is 11.9 Å². The van der Waals surface area contributed by atoms with Gasteiger partial charge in [0.25, 0.3) is 5.56 Å². The summed E-state index contributed by atoms with van der Waals surface area (Å²) in [4.78, 5) is 25.4. The Kier molecular flexibility index (Phi) is 7.13. The molecule has 184 valence electrons. The average molecular weight is 499 g/mol. The number of aromatic nitrogens is 2. The Balaban J connectivity index is 1.64. The van der Waals surface area contributed by atoms with Crippen molar-refractivity contribution in [2.45, 2.75) is 44.0 Å². The normalized spacial score (nSPS) is 15.5. The van der Waals surface area contributed by atoms with Gasteiger partial charge >= 0.3 is 0 Å². The first-order valence-corrected chi connectivity index (χ1v) is 12.9. The number of carbonyl (C=O) groups is 1. The summed E-state index contributed by atoms with van der Waals surface area (Å²) in [6.07, 6.45) is 2.69. The second-order valence-corrected chi connectivity index (χ2v) is 10.5. The van der Waals surface area contributed by atoms with E-state index in [1.165, 1.54) is 47.6 Å². The van der Waals surface area contributed by atoms with Crippen molar-refractivity contribution in [1.29, 1.82) is 0 Å². The van der Waals surface area contributed by atoms with E-state index in [0.29, 0.717) is 35.6 Å². The fraction of sp³-hybridized carbons (Fsp3) is 0.320. The molecule has 0 unspecified atom stereocenters. The van der Waals surface area contributed by atoms with E-state index in [4.69, 9.17) is 0 Å². The Bertz CT molecular complexity index is 1400. The Morgan fingerprint density at radius 1 is 1.03 bits per heavy atom. The van der Waals surface area contributed by atoms with Gasteiger partial charge in [0.05, 0.1) is 10.6 Å². The van der Waals surface area contributed by atoms with Crippen LogP contribution in [0.25, 0.3) is 11.3 Å². The molecule has 1 saturated heterocycles. The standard InChI is InChI=1S/C25H27FN4O4S/c1-17-6-7-19(16-23(17)35(33,34)29-14-4-3-5-15-29)22-12-13-24(31)30(28-22)18(2)25(32)27-21-10-8-20(26)9-11-21/h6-13,16,18H,3-5,14-15H2,1-2H3,(H,27,32)/t18-/m1/s1. The molecule has 2 aromatic carbocycles. The van der Waals surface area contributed by atoms with Crippen molar-refractivity contribution in [3.63, 3.8) is 0 Å². The number of rotatable bonds is 6. The van der Waals surface area contributed by atoms with E-state index in [1.807, 2.05) is 0 Å². The molecule has 1 N–H and O–H groups in total. The van der Waals surface area contributed by atoms with E-state index in [9.17, 15) is 22.4 Å². The topological polar surface area (TPSA) is 101 Å². The van der Waals surface area contributed by atoms with Crippen LogP contribution in [0.15, 0.2) is 64.3 Å². The first kappa shape index (κ1) is 24.7. The van der Waals surface area contributed by atoms with Gasteiger partial charge < -0.3 is 5.32 Å². The monoisotopic (exact) mass is 498 g/mol. The number of hydrogen-bond donors (Lipinski definition) is 1. The summed E-state index contributed by atoms with van der Waals surface area (Å²) in [5.74, 6) is -0.929. The van der Waals surface area contributed by atoms with Crippen LogP contribution >= 0.6 is 0 Å². The summed E-state index contributed by atoms with van der Waals surface area (Å²) in [7, 11) is -3.66.